The van der Waals surface area contributed by atoms with Crippen molar-refractivity contribution in [1.82, 2.24) is 5.43 Å². The second-order valence-electron chi connectivity index (χ2n) is 8.36. The molecule has 11 heteroatoms. The number of carbonyl (C=O) groups excluding carboxylic acids is 3. The number of halogens is 3. The zero-order valence-corrected chi connectivity index (χ0v) is 22.6. The highest BCUT2D eigenvalue weighted by Crippen LogP contribution is 2.31. The smallest absolute Gasteiger partial charge is 0.427 e. The Morgan fingerprint density at radius 3 is 2.23 bits per heavy atom. The fourth-order valence-corrected chi connectivity index (χ4v) is 3.76. The van der Waals surface area contributed by atoms with Crippen LogP contribution in [0.5, 0.6) is 0 Å². The van der Waals surface area contributed by atoms with E-state index < -0.39 is 21.5 Å². The van der Waals surface area contributed by atoms with E-state index in [1.165, 1.54) is 0 Å². The van der Waals surface area contributed by atoms with E-state index in [2.05, 4.69) is 5.43 Å². The molecule has 0 heterocycles. The molecule has 0 aliphatic rings. The van der Waals surface area contributed by atoms with Gasteiger partial charge in [-0.2, -0.15) is 0 Å². The van der Waals surface area contributed by atoms with Crippen LogP contribution in [0.1, 0.15) is 32.8 Å². The summed E-state index contributed by atoms with van der Waals surface area (Å²) >= 11 is 18.0. The van der Waals surface area contributed by atoms with Crippen LogP contribution in [-0.2, 0) is 25.5 Å². The Morgan fingerprint density at radius 2 is 1.60 bits per heavy atom. The lowest BCUT2D eigenvalue weighted by molar-refractivity contribution is -0.140. The highest BCUT2D eigenvalue weighted by atomic mass is 35.6. The van der Waals surface area contributed by atoms with Gasteiger partial charge in [0.2, 0.25) is 9.70 Å². The van der Waals surface area contributed by atoms with Crippen molar-refractivity contribution >= 4 is 70.2 Å². The summed E-state index contributed by atoms with van der Waals surface area (Å²) in [4.78, 5) is 38.4. The summed E-state index contributed by atoms with van der Waals surface area (Å²) < 4.78 is 8.59. The molecule has 0 bridgehead atoms. The lowest BCUT2D eigenvalue weighted by Crippen LogP contribution is -2.48. The molecule has 0 fully saturated rings. The average Bonchev–Trinajstić information content (AvgIpc) is 2.77. The number of para-hydroxylation sites is 1. The van der Waals surface area contributed by atoms with Gasteiger partial charge < -0.3 is 9.47 Å². The topological polar surface area (TPSA) is 84.9 Å². The van der Waals surface area contributed by atoms with Crippen molar-refractivity contribution < 1.29 is 23.9 Å². The number of nitrogens with zero attached hydrogens (tertiary/aromatic N) is 1. The fourth-order valence-electron chi connectivity index (χ4n) is 2.76. The van der Waals surface area contributed by atoms with Crippen LogP contribution in [-0.4, -0.2) is 39.7 Å². The fraction of sp³-hybridized carbons (Fsp3) is 0.375. The number of carbonyl (C=O) groups is 3. The van der Waals surface area contributed by atoms with Gasteiger partial charge in [-0.05, 0) is 44.9 Å². The van der Waals surface area contributed by atoms with E-state index in [9.17, 15) is 14.4 Å². The van der Waals surface area contributed by atoms with Gasteiger partial charge in [0.25, 0.3) is 0 Å². The molecule has 2 aromatic rings. The molecule has 0 aliphatic carbocycles. The molecule has 0 saturated heterocycles. The molecular weight excluding hydrogens is 535 g/mol. The van der Waals surface area contributed by atoms with E-state index in [4.69, 9.17) is 44.3 Å². The van der Waals surface area contributed by atoms with Crippen molar-refractivity contribution in [3.8, 4) is 0 Å². The van der Waals surface area contributed by atoms with Gasteiger partial charge in [0.05, 0.1) is 11.4 Å². The van der Waals surface area contributed by atoms with Crippen LogP contribution in [0.2, 0.25) is 0 Å². The summed E-state index contributed by atoms with van der Waals surface area (Å²) in [6.45, 7) is 4.78. The van der Waals surface area contributed by atoms with Gasteiger partial charge >= 0.3 is 12.1 Å². The maximum absolute atomic E-state index is 13.2. The van der Waals surface area contributed by atoms with E-state index in [0.717, 1.165) is 22.3 Å². The van der Waals surface area contributed by atoms with E-state index in [1.54, 1.807) is 45.0 Å². The second kappa shape index (κ2) is 13.3. The van der Waals surface area contributed by atoms with Crippen LogP contribution >= 0.6 is 46.6 Å². The first-order valence-corrected chi connectivity index (χ1v) is 12.8. The number of hydrazine groups is 1. The molecule has 2 rings (SSSR count). The number of alkyl halides is 3. The van der Waals surface area contributed by atoms with Gasteiger partial charge in [-0.1, -0.05) is 77.3 Å². The summed E-state index contributed by atoms with van der Waals surface area (Å²) in [7, 11) is 0. The van der Waals surface area contributed by atoms with Gasteiger partial charge in [0.15, 0.2) is 0 Å². The number of rotatable bonds is 8. The van der Waals surface area contributed by atoms with Crippen molar-refractivity contribution in [2.24, 2.45) is 0 Å². The predicted octanol–water partition coefficient (Wildman–Crippen LogP) is 6.10. The minimum atomic E-state index is -1.71. The number of amides is 2. The molecule has 7 nitrogen and oxygen atoms in total. The summed E-state index contributed by atoms with van der Waals surface area (Å²) in [5, 5.41) is 1.14. The molecule has 0 saturated carbocycles. The van der Waals surface area contributed by atoms with E-state index in [1.807, 2.05) is 30.3 Å². The van der Waals surface area contributed by atoms with Crippen molar-refractivity contribution in [3.05, 3.63) is 60.2 Å². The molecular formula is C24H27Cl3N2O5S. The first-order valence-electron chi connectivity index (χ1n) is 10.6. The molecule has 2 aromatic carbocycles. The molecule has 0 spiro atoms. The Hall–Kier alpha value is -2.13. The number of nitrogens with one attached hydrogen (secondary N) is 1. The minimum Gasteiger partial charge on any atom is -0.460 e. The lowest BCUT2D eigenvalue weighted by atomic mass is 10.1. The molecule has 0 unspecified atom stereocenters. The number of hydrogen-bond acceptors (Lipinski definition) is 6. The van der Waals surface area contributed by atoms with Gasteiger partial charge in [-0.3, -0.25) is 9.59 Å². The zero-order valence-electron chi connectivity index (χ0n) is 19.6. The largest absolute Gasteiger partial charge is 0.460 e. The van der Waals surface area contributed by atoms with Crippen LogP contribution in [0, 0.1) is 0 Å². The van der Waals surface area contributed by atoms with Gasteiger partial charge in [-0.25, -0.2) is 15.2 Å². The van der Waals surface area contributed by atoms with Gasteiger partial charge in [-0.15, -0.1) is 11.8 Å². The van der Waals surface area contributed by atoms with Crippen molar-refractivity contribution in [2.45, 2.75) is 47.9 Å². The molecule has 2 amide bonds. The van der Waals surface area contributed by atoms with Gasteiger partial charge in [0, 0.05) is 11.3 Å². The Balaban J connectivity index is 2.20. The highest BCUT2D eigenvalue weighted by molar-refractivity contribution is 8.00. The number of ether oxygens (including phenoxy) is 2. The average molecular weight is 562 g/mol. The Bertz CT molecular complexity index is 1010. The SMILES string of the molecule is CC(C)(C)OC(=O)NN(C(=O)CCc1ccccc1)c1ccccc1SCC(=O)OCC(Cl)(Cl)Cl. The lowest BCUT2D eigenvalue weighted by Gasteiger charge is -2.27. The Labute approximate surface area is 224 Å². The third-order valence-corrected chi connectivity index (χ3v) is 5.53. The standard InChI is InChI=1S/C24H27Cl3N2O5S/c1-23(2,3)34-22(32)28-29(20(30)14-13-17-9-5-4-6-10-17)18-11-7-8-12-19(18)35-15-21(31)33-16-24(25,26)27/h4-12H,13-16H2,1-3H3,(H,28,32). The van der Waals surface area contributed by atoms with Crippen molar-refractivity contribution in [2.75, 3.05) is 17.4 Å². The van der Waals surface area contributed by atoms with Crippen LogP contribution in [0.15, 0.2) is 59.5 Å². The number of thioether (sulfide) groups is 1. The first kappa shape index (κ1) is 29.1. The van der Waals surface area contributed by atoms with Crippen LogP contribution < -0.4 is 10.4 Å². The van der Waals surface area contributed by atoms with Crippen molar-refractivity contribution in [3.63, 3.8) is 0 Å². The summed E-state index contributed by atoms with van der Waals surface area (Å²) in [6.07, 6.45) is -0.179. The number of esters is 1. The second-order valence-corrected chi connectivity index (χ2v) is 11.9. The molecule has 0 atom stereocenters. The number of hydrogen-bond donors (Lipinski definition) is 1. The first-order chi connectivity index (χ1) is 16.3. The maximum atomic E-state index is 13.2. The quantitative estimate of drug-likeness (QED) is 0.181. The zero-order chi connectivity index (χ0) is 26.1. The molecule has 1 N–H and O–H groups in total. The Morgan fingerprint density at radius 1 is 0.971 bits per heavy atom. The summed E-state index contributed by atoms with van der Waals surface area (Å²) in [5.74, 6) is -1.05. The third-order valence-electron chi connectivity index (χ3n) is 4.17. The summed E-state index contributed by atoms with van der Waals surface area (Å²) in [5.41, 5.74) is 3.15. The minimum absolute atomic E-state index is 0.101. The van der Waals surface area contributed by atoms with Crippen LogP contribution in [0.4, 0.5) is 10.5 Å². The number of anilines is 1. The normalized spacial score (nSPS) is 11.5. The Kier molecular flexibility index (Phi) is 11.0. The van der Waals surface area contributed by atoms with Gasteiger partial charge in [0.1, 0.15) is 12.2 Å². The number of aryl methyl sites for hydroxylation is 1. The van der Waals surface area contributed by atoms with Crippen LogP contribution in [0.25, 0.3) is 0 Å². The molecule has 0 aliphatic heterocycles. The third kappa shape index (κ3) is 11.4. The van der Waals surface area contributed by atoms with Crippen molar-refractivity contribution in [1.29, 1.82) is 0 Å². The highest BCUT2D eigenvalue weighted by Gasteiger charge is 2.25. The van der Waals surface area contributed by atoms with E-state index >= 15 is 0 Å². The monoisotopic (exact) mass is 560 g/mol. The predicted molar refractivity (Wildman–Crippen MR) is 140 cm³/mol. The molecule has 35 heavy (non-hydrogen) atoms. The number of benzene rings is 2. The molecule has 190 valence electrons. The van der Waals surface area contributed by atoms with Crippen LogP contribution in [0.3, 0.4) is 0 Å². The summed E-state index contributed by atoms with van der Waals surface area (Å²) in [6, 6.07) is 16.4. The molecule has 0 radical (unpaired) electrons. The maximum Gasteiger partial charge on any atom is 0.427 e. The van der Waals surface area contributed by atoms with E-state index in [0.29, 0.717) is 17.0 Å². The van der Waals surface area contributed by atoms with E-state index in [-0.39, 0.29) is 24.7 Å². The molecule has 0 aromatic heterocycles.